The van der Waals surface area contributed by atoms with Gasteiger partial charge >= 0.3 is 0 Å². The second-order valence-electron chi connectivity index (χ2n) is 3.92. The molecule has 0 aliphatic heterocycles. The number of primary sulfonamides is 1. The second-order valence-corrected chi connectivity index (χ2v) is 6.23. The molecule has 0 aliphatic carbocycles. The molecule has 0 radical (unpaired) electrons. The van der Waals surface area contributed by atoms with E-state index in [1.807, 2.05) is 16.8 Å². The fourth-order valence-electron chi connectivity index (χ4n) is 1.52. The third kappa shape index (κ3) is 3.40. The van der Waals surface area contributed by atoms with Crippen molar-refractivity contribution in [3.63, 3.8) is 0 Å². The first-order chi connectivity index (χ1) is 8.86. The summed E-state index contributed by atoms with van der Waals surface area (Å²) >= 11 is 1.48. The quantitative estimate of drug-likeness (QED) is 0.847. The van der Waals surface area contributed by atoms with Crippen molar-refractivity contribution >= 4 is 33.1 Å². The van der Waals surface area contributed by atoms with Gasteiger partial charge in [-0.15, -0.1) is 0 Å². The SMILES string of the molecule is Cn1cc(S(N)(=O)=O)c(NC(=O)Cc2ccsc2)n1. The molecule has 9 heteroatoms. The van der Waals surface area contributed by atoms with Crippen LogP contribution in [0.4, 0.5) is 5.82 Å². The van der Waals surface area contributed by atoms with Crippen LogP contribution in [-0.4, -0.2) is 24.1 Å². The molecule has 0 saturated carbocycles. The van der Waals surface area contributed by atoms with E-state index < -0.39 is 10.0 Å². The number of hydrogen-bond donors (Lipinski definition) is 2. The van der Waals surface area contributed by atoms with Crippen LogP contribution in [-0.2, 0) is 28.3 Å². The molecule has 0 saturated heterocycles. The maximum Gasteiger partial charge on any atom is 0.243 e. The van der Waals surface area contributed by atoms with Crippen molar-refractivity contribution in [2.75, 3.05) is 5.32 Å². The Morgan fingerprint density at radius 2 is 2.32 bits per heavy atom. The average Bonchev–Trinajstić information content (AvgIpc) is 2.87. The molecule has 2 heterocycles. The molecule has 0 unspecified atom stereocenters. The summed E-state index contributed by atoms with van der Waals surface area (Å²) in [5.41, 5.74) is 0.857. The zero-order valence-corrected chi connectivity index (χ0v) is 11.7. The molecule has 2 aromatic rings. The molecule has 0 atom stereocenters. The highest BCUT2D eigenvalue weighted by atomic mass is 32.2. The molecule has 19 heavy (non-hydrogen) atoms. The molecule has 2 rings (SSSR count). The van der Waals surface area contributed by atoms with Gasteiger partial charge in [-0.05, 0) is 22.4 Å². The Kier molecular flexibility index (Phi) is 3.69. The fraction of sp³-hybridized carbons (Fsp3) is 0.200. The molecular formula is C10H12N4O3S2. The molecule has 0 aromatic carbocycles. The highest BCUT2D eigenvalue weighted by molar-refractivity contribution is 7.89. The molecule has 7 nitrogen and oxygen atoms in total. The monoisotopic (exact) mass is 300 g/mol. The van der Waals surface area contributed by atoms with Gasteiger partial charge < -0.3 is 5.32 Å². The Labute approximate surface area is 114 Å². The maximum absolute atomic E-state index is 11.8. The predicted octanol–water partition coefficient (Wildman–Crippen LogP) is 0.310. The number of nitrogens with two attached hydrogens (primary N) is 1. The Morgan fingerprint density at radius 3 is 2.89 bits per heavy atom. The summed E-state index contributed by atoms with van der Waals surface area (Å²) < 4.78 is 24.0. The zero-order valence-electron chi connectivity index (χ0n) is 10.0. The van der Waals surface area contributed by atoms with Crippen molar-refractivity contribution in [2.24, 2.45) is 12.2 Å². The number of sulfonamides is 1. The van der Waals surface area contributed by atoms with Gasteiger partial charge in [0.1, 0.15) is 4.90 Å². The minimum Gasteiger partial charge on any atom is -0.308 e. The van der Waals surface area contributed by atoms with E-state index in [1.54, 1.807) is 7.05 Å². The van der Waals surface area contributed by atoms with Crippen LogP contribution in [0.25, 0.3) is 0 Å². The number of aromatic nitrogens is 2. The number of aryl methyl sites for hydroxylation is 1. The van der Waals surface area contributed by atoms with Crippen LogP contribution in [0.1, 0.15) is 5.56 Å². The normalized spacial score (nSPS) is 11.5. The standard InChI is InChI=1S/C10H12N4O3S2/c1-14-5-8(19(11,16)17)10(13-14)12-9(15)4-7-2-3-18-6-7/h2-3,5-6H,4H2,1H3,(H2,11,16,17)(H,12,13,15). The van der Waals surface area contributed by atoms with E-state index in [9.17, 15) is 13.2 Å². The average molecular weight is 300 g/mol. The van der Waals surface area contributed by atoms with Gasteiger partial charge in [0.05, 0.1) is 6.42 Å². The lowest BCUT2D eigenvalue weighted by atomic mass is 10.2. The number of anilines is 1. The van der Waals surface area contributed by atoms with Crippen LogP contribution in [0.5, 0.6) is 0 Å². The highest BCUT2D eigenvalue weighted by Crippen LogP contribution is 2.17. The molecule has 0 aliphatic rings. The number of carbonyl (C=O) groups excluding carboxylic acids is 1. The molecule has 0 spiro atoms. The van der Waals surface area contributed by atoms with E-state index in [0.29, 0.717) is 0 Å². The second kappa shape index (κ2) is 5.11. The van der Waals surface area contributed by atoms with Crippen molar-refractivity contribution in [3.8, 4) is 0 Å². The first-order valence-electron chi connectivity index (χ1n) is 5.23. The van der Waals surface area contributed by atoms with Crippen LogP contribution in [0.15, 0.2) is 27.9 Å². The minimum absolute atomic E-state index is 0.0507. The number of nitrogens with one attached hydrogen (secondary N) is 1. The van der Waals surface area contributed by atoms with Crippen LogP contribution >= 0.6 is 11.3 Å². The largest absolute Gasteiger partial charge is 0.308 e. The number of hydrogen-bond acceptors (Lipinski definition) is 5. The van der Waals surface area contributed by atoms with Gasteiger partial charge in [0.25, 0.3) is 0 Å². The topological polar surface area (TPSA) is 107 Å². The van der Waals surface area contributed by atoms with Crippen molar-refractivity contribution in [2.45, 2.75) is 11.3 Å². The molecule has 2 aromatic heterocycles. The zero-order chi connectivity index (χ0) is 14.0. The minimum atomic E-state index is -3.92. The van der Waals surface area contributed by atoms with Gasteiger partial charge in [-0.1, -0.05) is 0 Å². The molecule has 0 fully saturated rings. The molecule has 102 valence electrons. The van der Waals surface area contributed by atoms with E-state index in [4.69, 9.17) is 5.14 Å². The van der Waals surface area contributed by atoms with Crippen molar-refractivity contribution in [1.82, 2.24) is 9.78 Å². The van der Waals surface area contributed by atoms with Gasteiger partial charge in [-0.25, -0.2) is 13.6 Å². The Morgan fingerprint density at radius 1 is 1.58 bits per heavy atom. The van der Waals surface area contributed by atoms with Gasteiger partial charge in [0, 0.05) is 13.2 Å². The lowest BCUT2D eigenvalue weighted by molar-refractivity contribution is -0.115. The third-order valence-electron chi connectivity index (χ3n) is 2.30. The predicted molar refractivity (Wildman–Crippen MR) is 71.2 cm³/mol. The first-order valence-corrected chi connectivity index (χ1v) is 7.72. The Hall–Kier alpha value is -1.71. The summed E-state index contributed by atoms with van der Waals surface area (Å²) in [7, 11) is -2.37. The number of thiophene rings is 1. The van der Waals surface area contributed by atoms with Crippen molar-refractivity contribution in [1.29, 1.82) is 0 Å². The van der Waals surface area contributed by atoms with Crippen LogP contribution in [0, 0.1) is 0 Å². The Balaban J connectivity index is 2.17. The molecule has 3 N–H and O–H groups in total. The van der Waals surface area contributed by atoms with Gasteiger partial charge in [0.2, 0.25) is 15.9 Å². The molecule has 0 bridgehead atoms. The van der Waals surface area contributed by atoms with Gasteiger partial charge in [0.15, 0.2) is 5.82 Å². The number of amides is 1. The smallest absolute Gasteiger partial charge is 0.243 e. The maximum atomic E-state index is 11.8. The summed E-state index contributed by atoms with van der Waals surface area (Å²) in [5.74, 6) is -0.396. The summed E-state index contributed by atoms with van der Waals surface area (Å²) in [6, 6.07) is 1.82. The molecular weight excluding hydrogens is 288 g/mol. The van der Waals surface area contributed by atoms with E-state index in [1.165, 1.54) is 22.2 Å². The van der Waals surface area contributed by atoms with Crippen molar-refractivity contribution in [3.05, 3.63) is 28.6 Å². The summed E-state index contributed by atoms with van der Waals surface area (Å²) in [6.07, 6.45) is 1.40. The number of carbonyl (C=O) groups is 1. The fourth-order valence-corrected chi connectivity index (χ4v) is 2.85. The van der Waals surface area contributed by atoms with Gasteiger partial charge in [-0.3, -0.25) is 9.48 Å². The summed E-state index contributed by atoms with van der Waals surface area (Å²) in [4.78, 5) is 11.6. The highest BCUT2D eigenvalue weighted by Gasteiger charge is 2.19. The van der Waals surface area contributed by atoms with Crippen molar-refractivity contribution < 1.29 is 13.2 Å². The van der Waals surface area contributed by atoms with E-state index in [-0.39, 0.29) is 23.0 Å². The lowest BCUT2D eigenvalue weighted by Crippen LogP contribution is -2.18. The van der Waals surface area contributed by atoms with E-state index in [2.05, 4.69) is 10.4 Å². The lowest BCUT2D eigenvalue weighted by Gasteiger charge is -2.02. The number of rotatable bonds is 4. The van der Waals surface area contributed by atoms with Crippen LogP contribution in [0.3, 0.4) is 0 Å². The van der Waals surface area contributed by atoms with E-state index in [0.717, 1.165) is 5.56 Å². The van der Waals surface area contributed by atoms with E-state index >= 15 is 0 Å². The summed E-state index contributed by atoms with van der Waals surface area (Å²) in [6.45, 7) is 0. The Bertz CT molecular complexity index is 688. The van der Waals surface area contributed by atoms with Crippen LogP contribution < -0.4 is 10.5 Å². The summed E-state index contributed by atoms with van der Waals surface area (Å²) in [5, 5.41) is 15.1. The third-order valence-corrected chi connectivity index (χ3v) is 3.95. The molecule has 1 amide bonds. The first kappa shape index (κ1) is 13.7. The van der Waals surface area contributed by atoms with Gasteiger partial charge in [-0.2, -0.15) is 16.4 Å². The number of nitrogens with zero attached hydrogens (tertiary/aromatic N) is 2. The van der Waals surface area contributed by atoms with Crippen LogP contribution in [0.2, 0.25) is 0 Å².